The van der Waals surface area contributed by atoms with Crippen LogP contribution in [0.5, 0.6) is 5.75 Å². The van der Waals surface area contributed by atoms with E-state index in [0.29, 0.717) is 11.3 Å². The Balaban J connectivity index is 2.56. The zero-order valence-corrected chi connectivity index (χ0v) is 10.7. The van der Waals surface area contributed by atoms with Gasteiger partial charge in [-0.25, -0.2) is 18.6 Å². The molecule has 106 valence electrons. The molecule has 0 amide bonds. The van der Waals surface area contributed by atoms with Gasteiger partial charge in [0.25, 0.3) is 0 Å². The maximum absolute atomic E-state index is 13.9. The summed E-state index contributed by atoms with van der Waals surface area (Å²) in [6.07, 6.45) is 0. The molecule has 0 heterocycles. The maximum Gasteiger partial charge on any atom is 0.194 e. The van der Waals surface area contributed by atoms with Crippen LogP contribution in [0.2, 0.25) is 0 Å². The Bertz CT molecular complexity index is 619. The highest BCUT2D eigenvalue weighted by molar-refractivity contribution is 5.42. The average Bonchev–Trinajstić information content (AvgIpc) is 2.48. The van der Waals surface area contributed by atoms with Crippen LogP contribution < -0.4 is 16.0 Å². The Morgan fingerprint density at radius 1 is 1.00 bits per heavy atom. The van der Waals surface area contributed by atoms with Crippen molar-refractivity contribution in [3.8, 4) is 5.75 Å². The fourth-order valence-corrected chi connectivity index (χ4v) is 2.02. The Morgan fingerprint density at radius 3 is 2.35 bits per heavy atom. The van der Waals surface area contributed by atoms with E-state index >= 15 is 0 Å². The molecule has 1 atom stereocenters. The number of hydrogen-bond donors (Lipinski definition) is 2. The maximum atomic E-state index is 13.9. The molecule has 0 radical (unpaired) electrons. The van der Waals surface area contributed by atoms with Crippen molar-refractivity contribution in [3.63, 3.8) is 0 Å². The van der Waals surface area contributed by atoms with Crippen molar-refractivity contribution in [3.05, 3.63) is 65.0 Å². The highest BCUT2D eigenvalue weighted by Crippen LogP contribution is 2.31. The third-order valence-electron chi connectivity index (χ3n) is 2.99. The van der Waals surface area contributed by atoms with Crippen molar-refractivity contribution in [2.24, 2.45) is 5.84 Å². The first kappa shape index (κ1) is 14.4. The molecule has 2 aromatic carbocycles. The first-order valence-electron chi connectivity index (χ1n) is 5.82. The largest absolute Gasteiger partial charge is 0.496 e. The van der Waals surface area contributed by atoms with E-state index in [-0.39, 0.29) is 5.56 Å². The van der Waals surface area contributed by atoms with Crippen LogP contribution in [0.1, 0.15) is 17.2 Å². The lowest BCUT2D eigenvalue weighted by Crippen LogP contribution is -2.30. The van der Waals surface area contributed by atoms with Gasteiger partial charge in [-0.2, -0.15) is 0 Å². The molecule has 6 heteroatoms. The summed E-state index contributed by atoms with van der Waals surface area (Å²) in [6, 6.07) is 7.90. The van der Waals surface area contributed by atoms with E-state index in [1.165, 1.54) is 7.11 Å². The minimum Gasteiger partial charge on any atom is -0.496 e. The fourth-order valence-electron chi connectivity index (χ4n) is 2.02. The summed E-state index contributed by atoms with van der Waals surface area (Å²) >= 11 is 0. The summed E-state index contributed by atoms with van der Waals surface area (Å²) in [7, 11) is 1.45. The number of para-hydroxylation sites is 1. The Hall–Kier alpha value is -2.05. The number of hydrazine groups is 1. The van der Waals surface area contributed by atoms with Crippen molar-refractivity contribution in [2.45, 2.75) is 6.04 Å². The monoisotopic (exact) mass is 282 g/mol. The van der Waals surface area contributed by atoms with E-state index in [2.05, 4.69) is 5.43 Å². The Kier molecular flexibility index (Phi) is 4.26. The lowest BCUT2D eigenvalue weighted by atomic mass is 9.97. The molecule has 2 aromatic rings. The van der Waals surface area contributed by atoms with Gasteiger partial charge in [0, 0.05) is 11.1 Å². The third-order valence-corrected chi connectivity index (χ3v) is 2.99. The topological polar surface area (TPSA) is 47.3 Å². The molecular formula is C14H13F3N2O. The van der Waals surface area contributed by atoms with Crippen LogP contribution in [0, 0.1) is 17.5 Å². The molecule has 0 bridgehead atoms. The molecule has 0 spiro atoms. The molecule has 3 N–H and O–H groups in total. The lowest BCUT2D eigenvalue weighted by molar-refractivity contribution is 0.400. The minimum absolute atomic E-state index is 0.101. The van der Waals surface area contributed by atoms with Gasteiger partial charge in [-0.3, -0.25) is 5.84 Å². The molecule has 1 unspecified atom stereocenters. The van der Waals surface area contributed by atoms with Gasteiger partial charge in [0.15, 0.2) is 17.5 Å². The van der Waals surface area contributed by atoms with Gasteiger partial charge in [0.2, 0.25) is 0 Å². The van der Waals surface area contributed by atoms with Crippen molar-refractivity contribution in [1.82, 2.24) is 5.43 Å². The van der Waals surface area contributed by atoms with Crippen LogP contribution in [-0.4, -0.2) is 7.11 Å². The molecule has 0 aliphatic carbocycles. The number of methoxy groups -OCH3 is 1. The molecule has 3 nitrogen and oxygen atoms in total. The molecule has 0 saturated carbocycles. The number of benzene rings is 2. The van der Waals surface area contributed by atoms with Gasteiger partial charge in [0.05, 0.1) is 13.2 Å². The van der Waals surface area contributed by atoms with E-state index in [0.717, 1.165) is 12.1 Å². The number of halogens is 3. The van der Waals surface area contributed by atoms with Gasteiger partial charge in [-0.1, -0.05) is 24.3 Å². The summed E-state index contributed by atoms with van der Waals surface area (Å²) in [5.41, 5.74) is 2.80. The zero-order valence-electron chi connectivity index (χ0n) is 10.7. The number of hydrogen-bond acceptors (Lipinski definition) is 3. The average molecular weight is 282 g/mol. The highest BCUT2D eigenvalue weighted by atomic mass is 19.2. The van der Waals surface area contributed by atoms with E-state index in [4.69, 9.17) is 10.6 Å². The standard InChI is InChI=1S/C14H13F3N2O/c1-20-11-5-3-2-4-8(11)14(19-18)9-6-7-10(15)13(17)12(9)16/h2-7,14,19H,18H2,1H3. The molecule has 2 rings (SSSR count). The fraction of sp³-hybridized carbons (Fsp3) is 0.143. The number of nitrogens with one attached hydrogen (secondary N) is 1. The minimum atomic E-state index is -1.53. The second-order valence-corrected chi connectivity index (χ2v) is 4.11. The van der Waals surface area contributed by atoms with Crippen LogP contribution in [0.3, 0.4) is 0 Å². The highest BCUT2D eigenvalue weighted by Gasteiger charge is 2.23. The van der Waals surface area contributed by atoms with Crippen LogP contribution in [0.25, 0.3) is 0 Å². The smallest absolute Gasteiger partial charge is 0.194 e. The van der Waals surface area contributed by atoms with Gasteiger partial charge in [0.1, 0.15) is 5.75 Å². The van der Waals surface area contributed by atoms with Gasteiger partial charge in [-0.15, -0.1) is 0 Å². The van der Waals surface area contributed by atoms with Crippen molar-refractivity contribution < 1.29 is 17.9 Å². The molecular weight excluding hydrogens is 269 g/mol. The summed E-state index contributed by atoms with van der Waals surface area (Å²) in [5, 5.41) is 0. The molecule has 0 fully saturated rings. The summed E-state index contributed by atoms with van der Waals surface area (Å²) in [6.45, 7) is 0. The molecule has 0 aliphatic heterocycles. The Labute approximate surface area is 114 Å². The number of ether oxygens (including phenoxy) is 1. The van der Waals surface area contributed by atoms with Crippen LogP contribution in [0.15, 0.2) is 36.4 Å². The Morgan fingerprint density at radius 2 is 1.70 bits per heavy atom. The molecule has 0 aromatic heterocycles. The first-order valence-corrected chi connectivity index (χ1v) is 5.82. The summed E-state index contributed by atoms with van der Waals surface area (Å²) in [5.74, 6) is 1.83. The molecule has 0 aliphatic rings. The second kappa shape index (κ2) is 5.94. The van der Waals surface area contributed by atoms with E-state index in [9.17, 15) is 13.2 Å². The summed E-state index contributed by atoms with van der Waals surface area (Å²) in [4.78, 5) is 0. The first-order chi connectivity index (χ1) is 9.60. The SMILES string of the molecule is COc1ccccc1C(NN)c1ccc(F)c(F)c1F. The van der Waals surface area contributed by atoms with Gasteiger partial charge >= 0.3 is 0 Å². The van der Waals surface area contributed by atoms with Crippen molar-refractivity contribution in [1.29, 1.82) is 0 Å². The molecule has 0 saturated heterocycles. The van der Waals surface area contributed by atoms with Crippen molar-refractivity contribution in [2.75, 3.05) is 7.11 Å². The third kappa shape index (κ3) is 2.48. The van der Waals surface area contributed by atoms with Gasteiger partial charge in [-0.05, 0) is 12.1 Å². The number of nitrogens with two attached hydrogens (primary N) is 1. The lowest BCUT2D eigenvalue weighted by Gasteiger charge is -2.20. The van der Waals surface area contributed by atoms with Crippen LogP contribution in [-0.2, 0) is 0 Å². The van der Waals surface area contributed by atoms with E-state index in [1.807, 2.05) is 0 Å². The predicted molar refractivity (Wildman–Crippen MR) is 68.5 cm³/mol. The van der Waals surface area contributed by atoms with Crippen LogP contribution in [0.4, 0.5) is 13.2 Å². The zero-order chi connectivity index (χ0) is 14.7. The quantitative estimate of drug-likeness (QED) is 0.515. The van der Waals surface area contributed by atoms with Crippen molar-refractivity contribution >= 4 is 0 Å². The predicted octanol–water partition coefficient (Wildman–Crippen LogP) is 2.67. The molecule has 20 heavy (non-hydrogen) atoms. The van der Waals surface area contributed by atoms with Crippen LogP contribution >= 0.6 is 0 Å². The second-order valence-electron chi connectivity index (χ2n) is 4.11. The van der Waals surface area contributed by atoms with E-state index < -0.39 is 23.5 Å². The van der Waals surface area contributed by atoms with E-state index in [1.54, 1.807) is 24.3 Å². The van der Waals surface area contributed by atoms with Gasteiger partial charge < -0.3 is 4.74 Å². The number of rotatable bonds is 4. The summed E-state index contributed by atoms with van der Waals surface area (Å²) < 4.78 is 45.3. The normalized spacial score (nSPS) is 12.2.